The molecule has 0 bridgehead atoms. The highest BCUT2D eigenvalue weighted by molar-refractivity contribution is 9.10. The summed E-state index contributed by atoms with van der Waals surface area (Å²) in [6.45, 7) is 9.45. The van der Waals surface area contributed by atoms with Crippen molar-refractivity contribution in [2.45, 2.75) is 20.8 Å². The molecule has 0 unspecified atom stereocenters. The fourth-order valence-electron chi connectivity index (χ4n) is 1.78. The van der Waals surface area contributed by atoms with E-state index in [-0.39, 0.29) is 5.70 Å². The monoisotopic (exact) mass is 397 g/mol. The van der Waals surface area contributed by atoms with Gasteiger partial charge in [-0.3, -0.25) is 4.79 Å². The van der Waals surface area contributed by atoms with Crippen LogP contribution in [0, 0.1) is 0 Å². The number of benzene rings is 1. The van der Waals surface area contributed by atoms with Crippen molar-refractivity contribution in [1.29, 1.82) is 0 Å². The minimum atomic E-state index is -1.23. The highest BCUT2D eigenvalue weighted by atomic mass is 79.9. The van der Waals surface area contributed by atoms with Crippen LogP contribution in [0.2, 0.25) is 0 Å². The minimum absolute atomic E-state index is 0.229. The van der Waals surface area contributed by atoms with E-state index in [0.29, 0.717) is 34.7 Å². The molecule has 7 heteroatoms. The Kier molecular flexibility index (Phi) is 7.51. The number of carbonyl (C=O) groups excluding carboxylic acids is 1. The molecule has 0 atom stereocenters. The van der Waals surface area contributed by atoms with Gasteiger partial charge in [-0.25, -0.2) is 4.79 Å². The normalized spacial score (nSPS) is 10.9. The summed E-state index contributed by atoms with van der Waals surface area (Å²) in [7, 11) is 0. The standard InChI is InChI=1S/C17H20BrNO5/c1-5-23-15-8-12(7-14(17(21)22)19-11(4)20)6-13(18)16(15)24-9-10(2)3/h6-8H,2,5,9H2,1,3-4H3,(H,19,20)(H,21,22). The van der Waals surface area contributed by atoms with Crippen molar-refractivity contribution >= 4 is 33.9 Å². The Labute approximate surface area is 149 Å². The molecule has 2 N–H and O–H groups in total. The van der Waals surface area contributed by atoms with E-state index in [1.807, 2.05) is 13.8 Å². The zero-order chi connectivity index (χ0) is 18.3. The Balaban J connectivity index is 3.28. The molecule has 0 aliphatic heterocycles. The third kappa shape index (κ3) is 6.08. The van der Waals surface area contributed by atoms with E-state index in [1.165, 1.54) is 13.0 Å². The highest BCUT2D eigenvalue weighted by Crippen LogP contribution is 2.37. The first-order valence-corrected chi connectivity index (χ1v) is 8.00. The lowest BCUT2D eigenvalue weighted by Crippen LogP contribution is -2.24. The van der Waals surface area contributed by atoms with Gasteiger partial charge in [-0.1, -0.05) is 6.58 Å². The van der Waals surface area contributed by atoms with Crippen LogP contribution in [0.5, 0.6) is 11.5 Å². The lowest BCUT2D eigenvalue weighted by molar-refractivity contribution is -0.134. The fraction of sp³-hybridized carbons (Fsp3) is 0.294. The number of carbonyl (C=O) groups is 2. The largest absolute Gasteiger partial charge is 0.490 e. The number of halogens is 1. The molecule has 0 heterocycles. The van der Waals surface area contributed by atoms with Crippen molar-refractivity contribution in [3.05, 3.63) is 40.0 Å². The van der Waals surface area contributed by atoms with E-state index < -0.39 is 11.9 Å². The molecule has 0 aliphatic rings. The second kappa shape index (κ2) is 9.12. The molecule has 0 aliphatic carbocycles. The second-order valence-electron chi connectivity index (χ2n) is 5.05. The Bertz CT molecular complexity index is 682. The molecular formula is C17H20BrNO5. The molecule has 0 saturated heterocycles. The second-order valence-corrected chi connectivity index (χ2v) is 5.91. The highest BCUT2D eigenvalue weighted by Gasteiger charge is 2.14. The number of carboxylic acid groups (broad SMARTS) is 1. The number of hydrogen-bond acceptors (Lipinski definition) is 4. The van der Waals surface area contributed by atoms with Gasteiger partial charge in [0.25, 0.3) is 0 Å². The summed E-state index contributed by atoms with van der Waals surface area (Å²) in [5.74, 6) is -0.726. The van der Waals surface area contributed by atoms with E-state index in [4.69, 9.17) is 14.6 Å². The fourth-order valence-corrected chi connectivity index (χ4v) is 2.35. The maximum atomic E-state index is 11.2. The lowest BCUT2D eigenvalue weighted by atomic mass is 10.1. The summed E-state index contributed by atoms with van der Waals surface area (Å²) in [5, 5.41) is 11.4. The van der Waals surface area contributed by atoms with E-state index in [9.17, 15) is 9.59 Å². The zero-order valence-electron chi connectivity index (χ0n) is 13.8. The summed E-state index contributed by atoms with van der Waals surface area (Å²) in [6, 6.07) is 3.33. The molecule has 130 valence electrons. The van der Waals surface area contributed by atoms with Gasteiger partial charge in [-0.05, 0) is 59.1 Å². The third-order valence-corrected chi connectivity index (χ3v) is 3.24. The van der Waals surface area contributed by atoms with Gasteiger partial charge >= 0.3 is 5.97 Å². The third-order valence-electron chi connectivity index (χ3n) is 2.65. The van der Waals surface area contributed by atoms with Crippen molar-refractivity contribution in [1.82, 2.24) is 5.32 Å². The van der Waals surface area contributed by atoms with Crippen LogP contribution in [0.25, 0.3) is 6.08 Å². The van der Waals surface area contributed by atoms with Gasteiger partial charge < -0.3 is 19.9 Å². The number of carboxylic acids is 1. The summed E-state index contributed by atoms with van der Waals surface area (Å²) >= 11 is 3.40. The molecule has 1 amide bonds. The minimum Gasteiger partial charge on any atom is -0.490 e. The van der Waals surface area contributed by atoms with Gasteiger partial charge in [0, 0.05) is 6.92 Å². The quantitative estimate of drug-likeness (QED) is 0.518. The van der Waals surface area contributed by atoms with E-state index in [1.54, 1.807) is 12.1 Å². The smallest absolute Gasteiger partial charge is 0.352 e. The maximum absolute atomic E-state index is 11.2. The number of ether oxygens (including phenoxy) is 2. The zero-order valence-corrected chi connectivity index (χ0v) is 15.4. The molecule has 0 saturated carbocycles. The summed E-state index contributed by atoms with van der Waals surface area (Å²) in [4.78, 5) is 22.3. The first-order valence-electron chi connectivity index (χ1n) is 7.20. The average Bonchev–Trinajstić information content (AvgIpc) is 2.45. The Morgan fingerprint density at radius 1 is 1.33 bits per heavy atom. The number of aliphatic carboxylic acids is 1. The number of nitrogens with one attached hydrogen (secondary N) is 1. The van der Waals surface area contributed by atoms with E-state index in [2.05, 4.69) is 27.8 Å². The van der Waals surface area contributed by atoms with Gasteiger partial charge in [-0.2, -0.15) is 0 Å². The predicted octanol–water partition coefficient (Wildman–Crippen LogP) is 3.36. The first-order chi connectivity index (χ1) is 11.2. The van der Waals surface area contributed by atoms with Crippen molar-refractivity contribution in [3.8, 4) is 11.5 Å². The van der Waals surface area contributed by atoms with Gasteiger partial charge in [0.15, 0.2) is 11.5 Å². The van der Waals surface area contributed by atoms with Crippen LogP contribution in [0.4, 0.5) is 0 Å². The average molecular weight is 398 g/mol. The van der Waals surface area contributed by atoms with Crippen LogP contribution >= 0.6 is 15.9 Å². The van der Waals surface area contributed by atoms with Gasteiger partial charge in [0.2, 0.25) is 5.91 Å². The molecule has 1 aromatic carbocycles. The molecule has 0 fully saturated rings. The van der Waals surface area contributed by atoms with Gasteiger partial charge in [0.05, 0.1) is 11.1 Å². The lowest BCUT2D eigenvalue weighted by Gasteiger charge is -2.15. The van der Waals surface area contributed by atoms with Crippen LogP contribution in [0.1, 0.15) is 26.3 Å². The van der Waals surface area contributed by atoms with Crippen LogP contribution < -0.4 is 14.8 Å². The number of hydrogen-bond donors (Lipinski definition) is 2. The van der Waals surface area contributed by atoms with Crippen molar-refractivity contribution in [2.75, 3.05) is 13.2 Å². The topological polar surface area (TPSA) is 84.9 Å². The molecule has 0 spiro atoms. The molecule has 24 heavy (non-hydrogen) atoms. The maximum Gasteiger partial charge on any atom is 0.352 e. The van der Waals surface area contributed by atoms with Crippen LogP contribution in [-0.4, -0.2) is 30.2 Å². The molecule has 1 aromatic rings. The summed E-state index contributed by atoms with van der Waals surface area (Å²) in [6.07, 6.45) is 1.35. The Hall–Kier alpha value is -2.28. The molecule has 6 nitrogen and oxygen atoms in total. The SMILES string of the molecule is C=C(C)COc1c(Br)cc(C=C(NC(C)=O)C(=O)O)cc1OCC. The van der Waals surface area contributed by atoms with Crippen molar-refractivity contribution < 1.29 is 24.2 Å². The Morgan fingerprint density at radius 2 is 2.00 bits per heavy atom. The Morgan fingerprint density at radius 3 is 2.50 bits per heavy atom. The first kappa shape index (κ1) is 19.8. The summed E-state index contributed by atoms with van der Waals surface area (Å²) in [5.41, 5.74) is 1.17. The van der Waals surface area contributed by atoms with Crippen LogP contribution in [0.15, 0.2) is 34.5 Å². The number of rotatable bonds is 8. The summed E-state index contributed by atoms with van der Waals surface area (Å²) < 4.78 is 11.8. The van der Waals surface area contributed by atoms with E-state index >= 15 is 0 Å². The van der Waals surface area contributed by atoms with Crippen LogP contribution in [0.3, 0.4) is 0 Å². The van der Waals surface area contributed by atoms with Gasteiger partial charge in [0.1, 0.15) is 12.3 Å². The van der Waals surface area contributed by atoms with Gasteiger partial charge in [-0.15, -0.1) is 0 Å². The molecule has 0 aromatic heterocycles. The van der Waals surface area contributed by atoms with Crippen molar-refractivity contribution in [2.24, 2.45) is 0 Å². The predicted molar refractivity (Wildman–Crippen MR) is 95.0 cm³/mol. The number of amides is 1. The van der Waals surface area contributed by atoms with Crippen LogP contribution in [-0.2, 0) is 9.59 Å². The molecule has 0 radical (unpaired) electrons. The van der Waals surface area contributed by atoms with Crippen molar-refractivity contribution in [3.63, 3.8) is 0 Å². The molecular weight excluding hydrogens is 378 g/mol. The van der Waals surface area contributed by atoms with E-state index in [0.717, 1.165) is 5.57 Å². The molecule has 1 rings (SSSR count).